The first kappa shape index (κ1) is 23.5. The van der Waals surface area contributed by atoms with E-state index in [4.69, 9.17) is 0 Å². The van der Waals surface area contributed by atoms with Gasteiger partial charge in [-0.15, -0.1) is 0 Å². The zero-order valence-electron chi connectivity index (χ0n) is 19.3. The molecule has 0 aromatic heterocycles. The Labute approximate surface area is 180 Å². The van der Waals surface area contributed by atoms with Crippen LogP contribution in [0.4, 0.5) is 11.4 Å². The zero-order valence-corrected chi connectivity index (χ0v) is 19.3. The van der Waals surface area contributed by atoms with Crippen LogP contribution in [0.3, 0.4) is 0 Å². The maximum atomic E-state index is 11.3. The van der Waals surface area contributed by atoms with Gasteiger partial charge in [-0.25, -0.2) is 9.59 Å². The van der Waals surface area contributed by atoms with Gasteiger partial charge in [-0.1, -0.05) is 67.5 Å². The van der Waals surface area contributed by atoms with Crippen LogP contribution < -0.4 is 0 Å². The van der Waals surface area contributed by atoms with Crippen LogP contribution in [-0.2, 0) is 9.59 Å². The normalized spacial score (nSPS) is 11.2. The van der Waals surface area contributed by atoms with E-state index in [1.807, 2.05) is 0 Å². The predicted molar refractivity (Wildman–Crippen MR) is 124 cm³/mol. The summed E-state index contributed by atoms with van der Waals surface area (Å²) in [4.78, 5) is 30.9. The highest BCUT2D eigenvalue weighted by Gasteiger charge is 2.22. The molecule has 0 radical (unpaired) electrons. The Morgan fingerprint density at radius 2 is 0.900 bits per heavy atom. The quantitative estimate of drug-likeness (QED) is 0.349. The Balaban J connectivity index is 3.11. The summed E-state index contributed by atoms with van der Waals surface area (Å²) in [6, 6.07) is 8.38. The van der Waals surface area contributed by atoms with Gasteiger partial charge in [-0.3, -0.25) is 0 Å². The summed E-state index contributed by atoms with van der Waals surface area (Å²) in [5.41, 5.74) is 7.10. The fourth-order valence-corrected chi connectivity index (χ4v) is 3.66. The van der Waals surface area contributed by atoms with Gasteiger partial charge in [0.05, 0.1) is 11.4 Å². The fourth-order valence-electron chi connectivity index (χ4n) is 3.66. The molecule has 0 amide bonds. The van der Waals surface area contributed by atoms with E-state index in [-0.39, 0.29) is 11.8 Å². The van der Waals surface area contributed by atoms with Crippen molar-refractivity contribution < 1.29 is 9.59 Å². The van der Waals surface area contributed by atoms with Gasteiger partial charge < -0.3 is 0 Å². The van der Waals surface area contributed by atoms with Crippen molar-refractivity contribution in [2.75, 3.05) is 0 Å². The van der Waals surface area contributed by atoms with Crippen LogP contribution in [0.5, 0.6) is 0 Å². The molecule has 4 nitrogen and oxygen atoms in total. The number of rotatable bonds is 7. The number of benzene rings is 2. The Morgan fingerprint density at radius 3 is 1.13 bits per heavy atom. The zero-order chi connectivity index (χ0) is 22.6. The molecule has 2 aromatic rings. The molecule has 0 aliphatic carbocycles. The van der Waals surface area contributed by atoms with Gasteiger partial charge in [0.25, 0.3) is 0 Å². The molecule has 0 N–H and O–H groups in total. The van der Waals surface area contributed by atoms with Gasteiger partial charge in [-0.05, 0) is 58.1 Å². The van der Waals surface area contributed by atoms with Crippen molar-refractivity contribution in [1.29, 1.82) is 0 Å². The lowest BCUT2D eigenvalue weighted by molar-refractivity contribution is 0.564. The molecule has 0 aliphatic heterocycles. The molecule has 0 saturated carbocycles. The first-order valence-electron chi connectivity index (χ1n) is 10.6. The van der Waals surface area contributed by atoms with Crippen molar-refractivity contribution in [3.63, 3.8) is 0 Å². The lowest BCUT2D eigenvalue weighted by Crippen LogP contribution is -2.00. The largest absolute Gasteiger partial charge is 0.240 e. The second-order valence-electron chi connectivity index (χ2n) is 9.04. The number of hydrogen-bond donors (Lipinski definition) is 0. The maximum Gasteiger partial charge on any atom is 0.240 e. The number of hydrogen-bond acceptors (Lipinski definition) is 4. The maximum absolute atomic E-state index is 11.3. The topological polar surface area (TPSA) is 58.9 Å². The summed E-state index contributed by atoms with van der Waals surface area (Å²) in [6.45, 7) is 16.9. The standard InChI is InChI=1S/C26H32N2O2/c1-15(2)19-9-21(17(5)6)25(27-13-29)23(11-19)24-12-20(16(3)4)10-22(18(7)8)26(24)28-14-30/h9-12,15-18H,1-8H3. The van der Waals surface area contributed by atoms with Crippen LogP contribution in [0.2, 0.25) is 0 Å². The Bertz CT molecular complexity index is 936. The van der Waals surface area contributed by atoms with Gasteiger partial charge in [0.15, 0.2) is 0 Å². The SMILES string of the molecule is CC(C)c1cc(-c2cc(C(C)C)cc(C(C)C)c2N=C=O)c(N=C=O)c(C(C)C)c1. The summed E-state index contributed by atoms with van der Waals surface area (Å²) in [6.07, 6.45) is 3.46. The van der Waals surface area contributed by atoms with Gasteiger partial charge >= 0.3 is 0 Å². The average Bonchev–Trinajstić information content (AvgIpc) is 2.67. The first-order valence-corrected chi connectivity index (χ1v) is 10.6. The van der Waals surface area contributed by atoms with Crippen molar-refractivity contribution in [1.82, 2.24) is 0 Å². The molecule has 0 fully saturated rings. The van der Waals surface area contributed by atoms with Gasteiger partial charge in [0.2, 0.25) is 12.2 Å². The molecule has 0 bridgehead atoms. The Morgan fingerprint density at radius 1 is 0.567 bits per heavy atom. The van der Waals surface area contributed by atoms with E-state index >= 15 is 0 Å². The Hall–Kier alpha value is -2.80. The van der Waals surface area contributed by atoms with Crippen LogP contribution in [0.1, 0.15) is 101 Å². The molecular formula is C26H32N2O2. The molecule has 2 rings (SSSR count). The van der Waals surface area contributed by atoms with Gasteiger partial charge in [0.1, 0.15) is 0 Å². The third kappa shape index (κ3) is 4.84. The summed E-state index contributed by atoms with van der Waals surface area (Å²) in [5.74, 6) is 0.939. The number of aliphatic imine (C=N–C) groups is 2. The van der Waals surface area contributed by atoms with Crippen molar-refractivity contribution in [3.8, 4) is 11.1 Å². The van der Waals surface area contributed by atoms with E-state index in [9.17, 15) is 9.59 Å². The van der Waals surface area contributed by atoms with E-state index < -0.39 is 0 Å². The first-order chi connectivity index (χ1) is 14.1. The molecule has 4 heteroatoms. The van der Waals surface area contributed by atoms with Crippen LogP contribution in [-0.4, -0.2) is 12.2 Å². The molecule has 2 aromatic carbocycles. The molecule has 0 spiro atoms. The third-order valence-electron chi connectivity index (χ3n) is 5.51. The lowest BCUT2D eigenvalue weighted by Gasteiger charge is -2.22. The smallest absolute Gasteiger partial charge is 0.211 e. The fraction of sp³-hybridized carbons (Fsp3) is 0.462. The van der Waals surface area contributed by atoms with E-state index in [0.29, 0.717) is 23.2 Å². The van der Waals surface area contributed by atoms with E-state index in [0.717, 1.165) is 33.4 Å². The van der Waals surface area contributed by atoms with Crippen LogP contribution in [0.15, 0.2) is 34.3 Å². The third-order valence-corrected chi connectivity index (χ3v) is 5.51. The summed E-state index contributed by atoms with van der Waals surface area (Å²) >= 11 is 0. The second kappa shape index (κ2) is 9.80. The van der Waals surface area contributed by atoms with Crippen molar-refractivity contribution >= 4 is 23.5 Å². The lowest BCUT2D eigenvalue weighted by atomic mass is 9.84. The van der Waals surface area contributed by atoms with Gasteiger partial charge in [0, 0.05) is 11.1 Å². The molecule has 30 heavy (non-hydrogen) atoms. The highest BCUT2D eigenvalue weighted by molar-refractivity contribution is 5.89. The molecule has 0 saturated heterocycles. The Kier molecular flexibility index (Phi) is 7.67. The van der Waals surface area contributed by atoms with Crippen molar-refractivity contribution in [3.05, 3.63) is 46.5 Å². The number of nitrogens with zero attached hydrogens (tertiary/aromatic N) is 2. The second-order valence-corrected chi connectivity index (χ2v) is 9.04. The average molecular weight is 405 g/mol. The highest BCUT2D eigenvalue weighted by Crippen LogP contribution is 2.46. The number of isocyanates is 2. The predicted octanol–water partition coefficient (Wildman–Crippen LogP) is 7.78. The molecule has 0 unspecified atom stereocenters. The summed E-state index contributed by atoms with van der Waals surface area (Å²) in [5, 5.41) is 0. The summed E-state index contributed by atoms with van der Waals surface area (Å²) in [7, 11) is 0. The summed E-state index contributed by atoms with van der Waals surface area (Å²) < 4.78 is 0. The number of carbonyl (C=O) groups excluding carboxylic acids is 2. The van der Waals surface area contributed by atoms with Crippen molar-refractivity contribution in [2.24, 2.45) is 9.98 Å². The van der Waals surface area contributed by atoms with Gasteiger partial charge in [-0.2, -0.15) is 9.98 Å². The monoisotopic (exact) mass is 404 g/mol. The van der Waals surface area contributed by atoms with Crippen LogP contribution in [0, 0.1) is 0 Å². The minimum absolute atomic E-state index is 0.172. The molecule has 158 valence electrons. The van der Waals surface area contributed by atoms with Crippen LogP contribution >= 0.6 is 0 Å². The minimum atomic E-state index is 0.172. The molecule has 0 atom stereocenters. The van der Waals surface area contributed by atoms with Crippen molar-refractivity contribution in [2.45, 2.75) is 79.1 Å². The minimum Gasteiger partial charge on any atom is -0.211 e. The van der Waals surface area contributed by atoms with E-state index in [2.05, 4.69) is 89.6 Å². The van der Waals surface area contributed by atoms with E-state index in [1.54, 1.807) is 12.2 Å². The van der Waals surface area contributed by atoms with E-state index in [1.165, 1.54) is 0 Å². The molecular weight excluding hydrogens is 372 g/mol. The highest BCUT2D eigenvalue weighted by atomic mass is 16.1. The molecule has 0 aliphatic rings. The van der Waals surface area contributed by atoms with Crippen LogP contribution in [0.25, 0.3) is 11.1 Å². The molecule has 0 heterocycles.